The summed E-state index contributed by atoms with van der Waals surface area (Å²) in [5, 5.41) is 0. The number of halogens is 3. The Morgan fingerprint density at radius 1 is 1.37 bits per heavy atom. The van der Waals surface area contributed by atoms with Crippen molar-refractivity contribution in [2.45, 2.75) is 25.1 Å². The van der Waals surface area contributed by atoms with Crippen LogP contribution < -0.4 is 4.90 Å². The van der Waals surface area contributed by atoms with E-state index in [1.165, 1.54) is 6.07 Å². The molecule has 2 nitrogen and oxygen atoms in total. The number of rotatable bonds is 5. The zero-order valence-electron chi connectivity index (χ0n) is 10.3. The standard InChI is InChI=1S/C14H14F3NO/c1-2-7-18(11-5-6-11)12-4-3-10(9-19)13(8-12)14(15,16)17/h2-4,8-9,11H,1,5-7H2. The van der Waals surface area contributed by atoms with E-state index in [2.05, 4.69) is 6.58 Å². The first kappa shape index (κ1) is 13.6. The Morgan fingerprint density at radius 2 is 2.05 bits per heavy atom. The number of hydrogen-bond acceptors (Lipinski definition) is 2. The number of nitrogens with zero attached hydrogens (tertiary/aromatic N) is 1. The number of hydrogen-bond donors (Lipinski definition) is 0. The average Bonchev–Trinajstić information content (AvgIpc) is 3.18. The molecule has 19 heavy (non-hydrogen) atoms. The van der Waals surface area contributed by atoms with Crippen LogP contribution in [0.2, 0.25) is 0 Å². The lowest BCUT2D eigenvalue weighted by atomic mass is 10.1. The lowest BCUT2D eigenvalue weighted by Crippen LogP contribution is -2.26. The van der Waals surface area contributed by atoms with Gasteiger partial charge in [-0.15, -0.1) is 6.58 Å². The third-order valence-electron chi connectivity index (χ3n) is 3.11. The summed E-state index contributed by atoms with van der Waals surface area (Å²) in [6, 6.07) is 4.11. The van der Waals surface area contributed by atoms with Crippen molar-refractivity contribution in [2.24, 2.45) is 0 Å². The summed E-state index contributed by atoms with van der Waals surface area (Å²) in [6.07, 6.45) is -0.661. The second-order valence-electron chi connectivity index (χ2n) is 4.56. The van der Waals surface area contributed by atoms with E-state index in [4.69, 9.17) is 0 Å². The largest absolute Gasteiger partial charge is 0.417 e. The highest BCUT2D eigenvalue weighted by Gasteiger charge is 2.35. The summed E-state index contributed by atoms with van der Waals surface area (Å²) >= 11 is 0. The molecule has 0 aromatic heterocycles. The molecule has 1 fully saturated rings. The van der Waals surface area contributed by atoms with Crippen molar-refractivity contribution in [1.82, 2.24) is 0 Å². The molecule has 0 saturated heterocycles. The molecule has 1 aromatic rings. The van der Waals surface area contributed by atoms with Crippen LogP contribution in [0.25, 0.3) is 0 Å². The lowest BCUT2D eigenvalue weighted by molar-refractivity contribution is -0.137. The molecule has 1 aliphatic rings. The zero-order valence-corrected chi connectivity index (χ0v) is 10.3. The van der Waals surface area contributed by atoms with Crippen molar-refractivity contribution < 1.29 is 18.0 Å². The molecule has 0 heterocycles. The first-order valence-electron chi connectivity index (χ1n) is 6.01. The van der Waals surface area contributed by atoms with Gasteiger partial charge in [-0.25, -0.2) is 0 Å². The van der Waals surface area contributed by atoms with Gasteiger partial charge in [0.2, 0.25) is 0 Å². The molecule has 0 atom stereocenters. The topological polar surface area (TPSA) is 20.3 Å². The monoisotopic (exact) mass is 269 g/mol. The summed E-state index contributed by atoms with van der Waals surface area (Å²) < 4.78 is 38.7. The van der Waals surface area contributed by atoms with Crippen LogP contribution in [0.4, 0.5) is 18.9 Å². The minimum absolute atomic E-state index is 0.238. The van der Waals surface area contributed by atoms with Crippen LogP contribution in [0.1, 0.15) is 28.8 Å². The molecule has 2 rings (SSSR count). The van der Waals surface area contributed by atoms with Gasteiger partial charge in [0.15, 0.2) is 6.29 Å². The number of carbonyl (C=O) groups excluding carboxylic acids is 1. The number of aldehydes is 1. The average molecular weight is 269 g/mol. The Balaban J connectivity index is 2.41. The third-order valence-corrected chi connectivity index (χ3v) is 3.11. The molecule has 0 spiro atoms. The predicted molar refractivity (Wildman–Crippen MR) is 67.4 cm³/mol. The maximum atomic E-state index is 12.9. The summed E-state index contributed by atoms with van der Waals surface area (Å²) in [4.78, 5) is 12.6. The minimum atomic E-state index is -4.52. The van der Waals surface area contributed by atoms with Gasteiger partial charge in [-0.05, 0) is 31.0 Å². The second-order valence-corrected chi connectivity index (χ2v) is 4.56. The van der Waals surface area contributed by atoms with Crippen molar-refractivity contribution in [3.05, 3.63) is 42.0 Å². The fraction of sp³-hybridized carbons (Fsp3) is 0.357. The van der Waals surface area contributed by atoms with Gasteiger partial charge in [0.1, 0.15) is 0 Å². The van der Waals surface area contributed by atoms with E-state index in [0.29, 0.717) is 12.2 Å². The maximum absolute atomic E-state index is 12.9. The fourth-order valence-electron chi connectivity index (χ4n) is 2.06. The number of carbonyl (C=O) groups is 1. The van der Waals surface area contributed by atoms with Gasteiger partial charge >= 0.3 is 6.18 Å². The molecule has 1 aliphatic carbocycles. The minimum Gasteiger partial charge on any atom is -0.365 e. The number of alkyl halides is 3. The van der Waals surface area contributed by atoms with Crippen molar-refractivity contribution in [3.63, 3.8) is 0 Å². The number of benzene rings is 1. The van der Waals surface area contributed by atoms with Gasteiger partial charge in [-0.1, -0.05) is 6.08 Å². The molecule has 0 N–H and O–H groups in total. The molecular weight excluding hydrogens is 255 g/mol. The summed E-state index contributed by atoms with van der Waals surface area (Å²) in [5.41, 5.74) is -0.722. The third kappa shape index (κ3) is 2.97. The van der Waals surface area contributed by atoms with Crippen molar-refractivity contribution in [2.75, 3.05) is 11.4 Å². The molecular formula is C14H14F3NO. The van der Waals surface area contributed by atoms with Crippen LogP contribution in [0.5, 0.6) is 0 Å². The van der Waals surface area contributed by atoms with Gasteiger partial charge in [0.25, 0.3) is 0 Å². The Labute approximate surface area is 109 Å². The molecule has 0 bridgehead atoms. The van der Waals surface area contributed by atoms with Crippen molar-refractivity contribution in [3.8, 4) is 0 Å². The van der Waals surface area contributed by atoms with E-state index in [0.717, 1.165) is 18.9 Å². The summed E-state index contributed by atoms with van der Waals surface area (Å²) in [5.74, 6) is 0. The molecule has 102 valence electrons. The van der Waals surface area contributed by atoms with Gasteiger partial charge in [0, 0.05) is 23.8 Å². The first-order valence-corrected chi connectivity index (χ1v) is 6.01. The zero-order chi connectivity index (χ0) is 14.0. The second kappa shape index (κ2) is 5.07. The SMILES string of the molecule is C=CCN(c1ccc(C=O)c(C(F)(F)F)c1)C1CC1. The Bertz CT molecular complexity index is 492. The number of anilines is 1. The first-order chi connectivity index (χ1) is 8.97. The van der Waals surface area contributed by atoms with E-state index in [-0.39, 0.29) is 17.9 Å². The van der Waals surface area contributed by atoms with E-state index in [1.54, 1.807) is 12.1 Å². The normalized spacial score (nSPS) is 15.1. The van der Waals surface area contributed by atoms with Crippen LogP contribution in [0.3, 0.4) is 0 Å². The van der Waals surface area contributed by atoms with E-state index in [9.17, 15) is 18.0 Å². The Hall–Kier alpha value is -1.78. The summed E-state index contributed by atoms with van der Waals surface area (Å²) in [7, 11) is 0. The van der Waals surface area contributed by atoms with Crippen LogP contribution in [-0.2, 0) is 6.18 Å². The van der Waals surface area contributed by atoms with Gasteiger partial charge in [-0.2, -0.15) is 13.2 Å². The van der Waals surface area contributed by atoms with Crippen molar-refractivity contribution >= 4 is 12.0 Å². The molecule has 0 unspecified atom stereocenters. The van der Waals surface area contributed by atoms with Crippen LogP contribution in [0, 0.1) is 0 Å². The van der Waals surface area contributed by atoms with Crippen molar-refractivity contribution in [1.29, 1.82) is 0 Å². The van der Waals surface area contributed by atoms with Gasteiger partial charge < -0.3 is 4.90 Å². The molecule has 1 saturated carbocycles. The van der Waals surface area contributed by atoms with Crippen LogP contribution >= 0.6 is 0 Å². The Kier molecular flexibility index (Phi) is 3.64. The van der Waals surface area contributed by atoms with E-state index in [1.807, 2.05) is 4.90 Å². The summed E-state index contributed by atoms with van der Waals surface area (Å²) in [6.45, 7) is 4.12. The van der Waals surface area contributed by atoms with E-state index < -0.39 is 11.7 Å². The van der Waals surface area contributed by atoms with Crippen LogP contribution in [-0.4, -0.2) is 18.9 Å². The molecule has 0 aliphatic heterocycles. The maximum Gasteiger partial charge on any atom is 0.417 e. The highest BCUT2D eigenvalue weighted by Crippen LogP contribution is 2.37. The van der Waals surface area contributed by atoms with Crippen LogP contribution in [0.15, 0.2) is 30.9 Å². The molecule has 0 radical (unpaired) electrons. The lowest BCUT2D eigenvalue weighted by Gasteiger charge is -2.24. The highest BCUT2D eigenvalue weighted by atomic mass is 19.4. The molecule has 1 aromatic carbocycles. The molecule has 0 amide bonds. The predicted octanol–water partition coefficient (Wildman–Crippen LogP) is 3.67. The quantitative estimate of drug-likeness (QED) is 0.600. The highest BCUT2D eigenvalue weighted by molar-refractivity contribution is 5.79. The fourth-order valence-corrected chi connectivity index (χ4v) is 2.06. The smallest absolute Gasteiger partial charge is 0.365 e. The Morgan fingerprint density at radius 3 is 2.53 bits per heavy atom. The van der Waals surface area contributed by atoms with E-state index >= 15 is 0 Å². The van der Waals surface area contributed by atoms with Gasteiger partial charge in [-0.3, -0.25) is 4.79 Å². The molecule has 5 heteroatoms. The van der Waals surface area contributed by atoms with Gasteiger partial charge in [0.05, 0.1) is 5.56 Å².